The fourth-order valence-electron chi connectivity index (χ4n) is 2.30. The van der Waals surface area contributed by atoms with Crippen LogP contribution in [0, 0.1) is 17.7 Å². The Morgan fingerprint density at radius 3 is 2.75 bits per heavy atom. The van der Waals surface area contributed by atoms with E-state index in [1.807, 2.05) is 13.1 Å². The van der Waals surface area contributed by atoms with Gasteiger partial charge in [-0.15, -0.1) is 0 Å². The third kappa shape index (κ3) is 2.64. The fourth-order valence-corrected chi connectivity index (χ4v) is 2.82. The number of benzene rings is 1. The molecule has 1 aliphatic rings. The van der Waals surface area contributed by atoms with E-state index in [2.05, 4.69) is 28.2 Å². The van der Waals surface area contributed by atoms with Gasteiger partial charge in [0.05, 0.1) is 0 Å². The van der Waals surface area contributed by atoms with Crippen molar-refractivity contribution >= 4 is 15.9 Å². The monoisotopic (exact) mass is 285 g/mol. The van der Waals surface area contributed by atoms with Gasteiger partial charge in [-0.2, -0.15) is 0 Å². The summed E-state index contributed by atoms with van der Waals surface area (Å²) in [7, 11) is 2.01. The van der Waals surface area contributed by atoms with Gasteiger partial charge in [0.25, 0.3) is 0 Å². The molecular weight excluding hydrogens is 269 g/mol. The SMILES string of the molecule is CNC(Cc1ccc(F)cc1Br)C1CC1C. The van der Waals surface area contributed by atoms with Crippen LogP contribution >= 0.6 is 15.9 Å². The minimum Gasteiger partial charge on any atom is -0.316 e. The molecule has 1 fully saturated rings. The van der Waals surface area contributed by atoms with E-state index in [1.165, 1.54) is 18.1 Å². The van der Waals surface area contributed by atoms with E-state index in [9.17, 15) is 4.39 Å². The summed E-state index contributed by atoms with van der Waals surface area (Å²) < 4.78 is 13.8. The molecule has 1 nitrogen and oxygen atoms in total. The van der Waals surface area contributed by atoms with Crippen LogP contribution in [0.5, 0.6) is 0 Å². The zero-order valence-corrected chi connectivity index (χ0v) is 11.2. The molecule has 3 heteroatoms. The molecule has 1 saturated carbocycles. The maximum atomic E-state index is 13.0. The van der Waals surface area contributed by atoms with Crippen molar-refractivity contribution < 1.29 is 4.39 Å². The Morgan fingerprint density at radius 2 is 2.25 bits per heavy atom. The van der Waals surface area contributed by atoms with Gasteiger partial charge < -0.3 is 5.32 Å². The third-order valence-electron chi connectivity index (χ3n) is 3.51. The van der Waals surface area contributed by atoms with Crippen molar-refractivity contribution in [2.75, 3.05) is 7.05 Å². The summed E-state index contributed by atoms with van der Waals surface area (Å²) >= 11 is 3.42. The Bertz CT molecular complexity index is 380. The van der Waals surface area contributed by atoms with E-state index in [0.717, 1.165) is 22.7 Å². The van der Waals surface area contributed by atoms with Crippen LogP contribution in [0.25, 0.3) is 0 Å². The van der Waals surface area contributed by atoms with Crippen LogP contribution in [0.1, 0.15) is 18.9 Å². The highest BCUT2D eigenvalue weighted by molar-refractivity contribution is 9.10. The summed E-state index contributed by atoms with van der Waals surface area (Å²) in [5, 5.41) is 3.37. The number of rotatable bonds is 4. The van der Waals surface area contributed by atoms with Gasteiger partial charge in [-0.05, 0) is 49.4 Å². The van der Waals surface area contributed by atoms with Crippen molar-refractivity contribution in [3.63, 3.8) is 0 Å². The molecule has 0 spiro atoms. The van der Waals surface area contributed by atoms with E-state index < -0.39 is 0 Å². The number of hydrogen-bond acceptors (Lipinski definition) is 1. The number of hydrogen-bond donors (Lipinski definition) is 1. The molecule has 3 unspecified atom stereocenters. The van der Waals surface area contributed by atoms with E-state index in [4.69, 9.17) is 0 Å². The van der Waals surface area contributed by atoms with Gasteiger partial charge in [0.15, 0.2) is 0 Å². The third-order valence-corrected chi connectivity index (χ3v) is 4.25. The predicted molar refractivity (Wildman–Crippen MR) is 67.9 cm³/mol. The summed E-state index contributed by atoms with van der Waals surface area (Å²) in [4.78, 5) is 0. The van der Waals surface area contributed by atoms with Crippen molar-refractivity contribution in [1.29, 1.82) is 0 Å². The van der Waals surface area contributed by atoms with Crippen LogP contribution in [0.15, 0.2) is 22.7 Å². The zero-order valence-electron chi connectivity index (χ0n) is 9.63. The number of likely N-dealkylation sites (N-methyl/N-ethyl adjacent to an activating group) is 1. The van der Waals surface area contributed by atoms with Gasteiger partial charge in [-0.25, -0.2) is 4.39 Å². The van der Waals surface area contributed by atoms with Crippen LogP contribution in [-0.4, -0.2) is 13.1 Å². The quantitative estimate of drug-likeness (QED) is 0.894. The van der Waals surface area contributed by atoms with Crippen molar-refractivity contribution in [2.24, 2.45) is 11.8 Å². The Morgan fingerprint density at radius 1 is 1.56 bits per heavy atom. The summed E-state index contributed by atoms with van der Waals surface area (Å²) in [6, 6.07) is 5.45. The molecule has 3 atom stereocenters. The molecule has 2 rings (SSSR count). The summed E-state index contributed by atoms with van der Waals surface area (Å²) in [6.45, 7) is 2.29. The Balaban J connectivity index is 2.07. The van der Waals surface area contributed by atoms with Crippen molar-refractivity contribution in [3.05, 3.63) is 34.1 Å². The van der Waals surface area contributed by atoms with Gasteiger partial charge in [0, 0.05) is 10.5 Å². The van der Waals surface area contributed by atoms with Crippen molar-refractivity contribution in [1.82, 2.24) is 5.32 Å². The molecule has 88 valence electrons. The molecule has 1 aromatic rings. The lowest BCUT2D eigenvalue weighted by molar-refractivity contribution is 0.478. The standard InChI is InChI=1S/C13H17BrFN/c1-8-5-11(8)13(16-2)6-9-3-4-10(15)7-12(9)14/h3-4,7-8,11,13,16H,5-6H2,1-2H3. The first-order valence-corrected chi connectivity index (χ1v) is 6.52. The highest BCUT2D eigenvalue weighted by Gasteiger charge is 2.38. The molecule has 1 aliphatic carbocycles. The van der Waals surface area contributed by atoms with Gasteiger partial charge in [-0.1, -0.05) is 28.9 Å². The molecule has 0 heterocycles. The molecular formula is C13H17BrFN. The Kier molecular flexibility index (Phi) is 3.65. The minimum absolute atomic E-state index is 0.184. The molecule has 1 aromatic carbocycles. The highest BCUT2D eigenvalue weighted by Crippen LogP contribution is 2.41. The maximum Gasteiger partial charge on any atom is 0.124 e. The molecule has 0 aromatic heterocycles. The first-order valence-electron chi connectivity index (χ1n) is 5.73. The van der Waals surface area contributed by atoms with Gasteiger partial charge in [0.1, 0.15) is 5.82 Å². The lowest BCUT2D eigenvalue weighted by atomic mass is 10.0. The highest BCUT2D eigenvalue weighted by atomic mass is 79.9. The predicted octanol–water partition coefficient (Wildman–Crippen LogP) is 3.37. The second kappa shape index (κ2) is 4.84. The summed E-state index contributed by atoms with van der Waals surface area (Å²) in [6.07, 6.45) is 2.27. The molecule has 1 N–H and O–H groups in total. The van der Waals surface area contributed by atoms with E-state index in [-0.39, 0.29) is 5.82 Å². The van der Waals surface area contributed by atoms with Crippen molar-refractivity contribution in [3.8, 4) is 0 Å². The largest absolute Gasteiger partial charge is 0.316 e. The fraction of sp³-hybridized carbons (Fsp3) is 0.538. The second-order valence-corrected chi connectivity index (χ2v) is 5.57. The molecule has 0 bridgehead atoms. The smallest absolute Gasteiger partial charge is 0.124 e. The lowest BCUT2D eigenvalue weighted by Crippen LogP contribution is -2.30. The van der Waals surface area contributed by atoms with Crippen LogP contribution in [0.3, 0.4) is 0 Å². The number of nitrogens with one attached hydrogen (secondary N) is 1. The minimum atomic E-state index is -0.184. The zero-order chi connectivity index (χ0) is 11.7. The lowest BCUT2D eigenvalue weighted by Gasteiger charge is -2.16. The second-order valence-electron chi connectivity index (χ2n) is 4.71. The Hall–Kier alpha value is -0.410. The number of halogens is 2. The van der Waals surface area contributed by atoms with Gasteiger partial charge in [-0.3, -0.25) is 0 Å². The van der Waals surface area contributed by atoms with E-state index in [0.29, 0.717) is 6.04 Å². The normalized spacial score (nSPS) is 25.5. The topological polar surface area (TPSA) is 12.0 Å². The van der Waals surface area contributed by atoms with Crippen molar-refractivity contribution in [2.45, 2.75) is 25.8 Å². The van der Waals surface area contributed by atoms with Crippen LogP contribution in [0.2, 0.25) is 0 Å². The van der Waals surface area contributed by atoms with E-state index >= 15 is 0 Å². The van der Waals surface area contributed by atoms with Crippen LogP contribution in [-0.2, 0) is 6.42 Å². The van der Waals surface area contributed by atoms with Gasteiger partial charge in [0.2, 0.25) is 0 Å². The van der Waals surface area contributed by atoms with Crippen LogP contribution in [0.4, 0.5) is 4.39 Å². The summed E-state index contributed by atoms with van der Waals surface area (Å²) in [5.41, 5.74) is 1.18. The Labute approximate surface area is 105 Å². The maximum absolute atomic E-state index is 13.0. The average Bonchev–Trinajstić information content (AvgIpc) is 2.94. The first-order chi connectivity index (χ1) is 7.61. The van der Waals surface area contributed by atoms with E-state index in [1.54, 1.807) is 6.07 Å². The molecule has 0 amide bonds. The molecule has 0 radical (unpaired) electrons. The van der Waals surface area contributed by atoms with Crippen LogP contribution < -0.4 is 5.32 Å². The molecule has 0 saturated heterocycles. The molecule has 0 aliphatic heterocycles. The van der Waals surface area contributed by atoms with Gasteiger partial charge >= 0.3 is 0 Å². The average molecular weight is 286 g/mol. The summed E-state index contributed by atoms with van der Waals surface area (Å²) in [5.74, 6) is 1.43. The molecule has 16 heavy (non-hydrogen) atoms. The first kappa shape index (κ1) is 12.1.